The minimum absolute atomic E-state index is 0.0426. The predicted octanol–water partition coefficient (Wildman–Crippen LogP) is 3.88. The summed E-state index contributed by atoms with van der Waals surface area (Å²) in [6, 6.07) is 7.24. The molecule has 0 aromatic heterocycles. The molecular weight excluding hydrogens is 326 g/mol. The highest BCUT2D eigenvalue weighted by Gasteiger charge is 2.62. The number of imide groups is 1. The van der Waals surface area contributed by atoms with Gasteiger partial charge in [-0.05, 0) is 37.8 Å². The summed E-state index contributed by atoms with van der Waals surface area (Å²) < 4.78 is 5.26. The summed E-state index contributed by atoms with van der Waals surface area (Å²) in [6.45, 7) is 0. The lowest BCUT2D eigenvalue weighted by atomic mass is 9.85. The molecule has 2 amide bonds. The molecule has 0 spiro atoms. The first-order valence-electron chi connectivity index (χ1n) is 9.62. The first-order valence-corrected chi connectivity index (χ1v) is 9.62. The van der Waals surface area contributed by atoms with Crippen LogP contribution >= 0.6 is 0 Å². The van der Waals surface area contributed by atoms with E-state index in [2.05, 4.69) is 12.2 Å². The number of methoxy groups -OCH3 is 1. The van der Waals surface area contributed by atoms with Crippen molar-refractivity contribution in [1.29, 1.82) is 0 Å². The van der Waals surface area contributed by atoms with Crippen LogP contribution in [-0.2, 0) is 9.59 Å². The Hall–Kier alpha value is -2.36. The van der Waals surface area contributed by atoms with Crippen molar-refractivity contribution in [2.24, 2.45) is 23.7 Å². The van der Waals surface area contributed by atoms with Crippen molar-refractivity contribution in [3.05, 3.63) is 47.6 Å². The van der Waals surface area contributed by atoms with Crippen LogP contribution in [0, 0.1) is 23.7 Å². The van der Waals surface area contributed by atoms with E-state index in [1.165, 1.54) is 35.3 Å². The maximum Gasteiger partial charge on any atom is 0.238 e. The molecule has 4 aliphatic rings. The van der Waals surface area contributed by atoms with E-state index in [1.54, 1.807) is 13.2 Å². The van der Waals surface area contributed by atoms with E-state index >= 15 is 0 Å². The van der Waals surface area contributed by atoms with Crippen LogP contribution in [0.2, 0.25) is 0 Å². The molecule has 5 rings (SSSR count). The molecule has 0 unspecified atom stereocenters. The highest BCUT2D eigenvalue weighted by atomic mass is 16.5. The number of fused-ring (bicyclic) bond motifs is 5. The third-order valence-corrected chi connectivity index (χ3v) is 6.59. The maximum absolute atomic E-state index is 13.2. The van der Waals surface area contributed by atoms with Crippen LogP contribution < -0.4 is 9.64 Å². The molecule has 0 N–H and O–H groups in total. The molecular formula is C22H23NO3. The molecule has 1 aromatic rings. The minimum Gasteiger partial charge on any atom is -0.497 e. The van der Waals surface area contributed by atoms with Crippen molar-refractivity contribution in [3.63, 3.8) is 0 Å². The fraction of sp³-hybridized carbons (Fsp3) is 0.455. The molecule has 4 atom stereocenters. The van der Waals surface area contributed by atoms with Gasteiger partial charge in [0.2, 0.25) is 11.8 Å². The molecule has 4 nitrogen and oxygen atoms in total. The van der Waals surface area contributed by atoms with Crippen molar-refractivity contribution in [3.8, 4) is 5.75 Å². The Morgan fingerprint density at radius 1 is 0.962 bits per heavy atom. The Labute approximate surface area is 153 Å². The summed E-state index contributed by atoms with van der Waals surface area (Å²) in [5, 5.41) is 0. The number of benzene rings is 1. The Bertz CT molecular complexity index is 811. The summed E-state index contributed by atoms with van der Waals surface area (Å²) in [6.07, 6.45) is 10.4. The van der Waals surface area contributed by atoms with Crippen LogP contribution in [0.1, 0.15) is 32.1 Å². The van der Waals surface area contributed by atoms with E-state index in [4.69, 9.17) is 4.74 Å². The number of hydrogen-bond acceptors (Lipinski definition) is 3. The molecule has 1 heterocycles. The first kappa shape index (κ1) is 15.9. The van der Waals surface area contributed by atoms with Crippen LogP contribution in [-0.4, -0.2) is 18.9 Å². The molecule has 1 saturated heterocycles. The quantitative estimate of drug-likeness (QED) is 0.601. The fourth-order valence-corrected chi connectivity index (χ4v) is 5.51. The van der Waals surface area contributed by atoms with Gasteiger partial charge in [0.15, 0.2) is 0 Å². The van der Waals surface area contributed by atoms with E-state index < -0.39 is 0 Å². The van der Waals surface area contributed by atoms with Crippen LogP contribution in [0.5, 0.6) is 5.75 Å². The number of carbonyl (C=O) groups excluding carboxylic acids is 2. The Morgan fingerprint density at radius 3 is 2.23 bits per heavy atom. The van der Waals surface area contributed by atoms with Gasteiger partial charge in [0.1, 0.15) is 5.75 Å². The van der Waals surface area contributed by atoms with Crippen LogP contribution in [0.15, 0.2) is 47.6 Å². The zero-order valence-electron chi connectivity index (χ0n) is 15.0. The largest absolute Gasteiger partial charge is 0.497 e. The van der Waals surface area contributed by atoms with Gasteiger partial charge in [-0.15, -0.1) is 0 Å². The number of amides is 2. The van der Waals surface area contributed by atoms with Crippen molar-refractivity contribution < 1.29 is 14.3 Å². The van der Waals surface area contributed by atoms with E-state index in [0.717, 1.165) is 12.8 Å². The number of anilines is 1. The van der Waals surface area contributed by atoms with Gasteiger partial charge < -0.3 is 4.74 Å². The molecule has 1 aromatic carbocycles. The molecule has 4 heteroatoms. The number of allylic oxidation sites excluding steroid dienone is 4. The number of nitrogens with zero attached hydrogens (tertiary/aromatic N) is 1. The van der Waals surface area contributed by atoms with Gasteiger partial charge in [0.05, 0.1) is 24.6 Å². The van der Waals surface area contributed by atoms with Gasteiger partial charge in [0, 0.05) is 17.9 Å². The van der Waals surface area contributed by atoms with Crippen LogP contribution in [0.3, 0.4) is 0 Å². The molecule has 1 aliphatic heterocycles. The smallest absolute Gasteiger partial charge is 0.238 e. The van der Waals surface area contributed by atoms with Gasteiger partial charge >= 0.3 is 0 Å². The highest BCUT2D eigenvalue weighted by molar-refractivity contribution is 6.23. The second-order valence-corrected chi connectivity index (χ2v) is 7.82. The third-order valence-electron chi connectivity index (χ3n) is 6.59. The molecule has 0 radical (unpaired) electrons. The van der Waals surface area contributed by atoms with E-state index in [1.807, 2.05) is 18.2 Å². The summed E-state index contributed by atoms with van der Waals surface area (Å²) in [7, 11) is 1.59. The summed E-state index contributed by atoms with van der Waals surface area (Å²) in [5.41, 5.74) is 3.56. The minimum atomic E-state index is -0.215. The molecule has 3 fully saturated rings. The molecule has 26 heavy (non-hydrogen) atoms. The molecule has 2 bridgehead atoms. The van der Waals surface area contributed by atoms with Crippen molar-refractivity contribution in [2.75, 3.05) is 12.0 Å². The van der Waals surface area contributed by atoms with E-state index in [9.17, 15) is 9.59 Å². The predicted molar refractivity (Wildman–Crippen MR) is 98.7 cm³/mol. The summed E-state index contributed by atoms with van der Waals surface area (Å²) in [4.78, 5) is 27.8. The van der Waals surface area contributed by atoms with Crippen molar-refractivity contribution in [2.45, 2.75) is 32.1 Å². The number of ether oxygens (including phenoxy) is 1. The average molecular weight is 349 g/mol. The van der Waals surface area contributed by atoms with Gasteiger partial charge in [-0.3, -0.25) is 9.59 Å². The van der Waals surface area contributed by atoms with Gasteiger partial charge in [0.25, 0.3) is 0 Å². The standard InChI is InChI=1S/C22H23NO3/c1-26-15-9-5-8-14(12-15)23-21(24)19-16-10-11-17(20(19)22(23)25)18(16)13-6-3-2-4-7-13/h5,8-12,16-17,19-20H,2-4,6-7H2,1H3/t16-,17-,19+,20+/m0/s1. The molecule has 2 saturated carbocycles. The SMILES string of the molecule is COc1cccc(N2C(=O)[C@H]3[C@H](C2=O)[C@H]2C=C[C@H]3C2=C2CCCCC2)c1. The Balaban J connectivity index is 1.52. The first-order chi connectivity index (χ1) is 12.7. The van der Waals surface area contributed by atoms with Crippen LogP contribution in [0.4, 0.5) is 5.69 Å². The topological polar surface area (TPSA) is 46.6 Å². The zero-order chi connectivity index (χ0) is 17.8. The Kier molecular flexibility index (Phi) is 3.56. The van der Waals surface area contributed by atoms with E-state index in [0.29, 0.717) is 11.4 Å². The van der Waals surface area contributed by atoms with Gasteiger partial charge in [-0.25, -0.2) is 4.90 Å². The van der Waals surface area contributed by atoms with Crippen molar-refractivity contribution >= 4 is 17.5 Å². The second-order valence-electron chi connectivity index (χ2n) is 7.82. The molecule has 3 aliphatic carbocycles. The monoisotopic (exact) mass is 349 g/mol. The van der Waals surface area contributed by atoms with Crippen molar-refractivity contribution in [1.82, 2.24) is 0 Å². The lowest BCUT2D eigenvalue weighted by Gasteiger charge is -2.23. The highest BCUT2D eigenvalue weighted by Crippen LogP contribution is 2.58. The van der Waals surface area contributed by atoms with Gasteiger partial charge in [-0.1, -0.05) is 35.8 Å². The summed E-state index contributed by atoms with van der Waals surface area (Å²) >= 11 is 0. The number of carbonyl (C=O) groups is 2. The third kappa shape index (κ3) is 2.08. The normalized spacial score (nSPS) is 32.6. The molecule has 134 valence electrons. The zero-order valence-corrected chi connectivity index (χ0v) is 15.0. The Morgan fingerprint density at radius 2 is 1.62 bits per heavy atom. The lowest BCUT2D eigenvalue weighted by Crippen LogP contribution is -2.33. The fourth-order valence-electron chi connectivity index (χ4n) is 5.51. The average Bonchev–Trinajstić information content (AvgIpc) is 3.32. The van der Waals surface area contributed by atoms with Gasteiger partial charge in [-0.2, -0.15) is 0 Å². The van der Waals surface area contributed by atoms with Crippen LogP contribution in [0.25, 0.3) is 0 Å². The second kappa shape index (κ2) is 5.83. The number of rotatable bonds is 2. The number of hydrogen-bond donors (Lipinski definition) is 0. The van der Waals surface area contributed by atoms with E-state index in [-0.39, 0.29) is 35.5 Å². The summed E-state index contributed by atoms with van der Waals surface area (Å²) in [5.74, 6) is 0.404. The lowest BCUT2D eigenvalue weighted by molar-refractivity contribution is -0.122. The maximum atomic E-state index is 13.2.